The van der Waals surface area contributed by atoms with E-state index in [9.17, 15) is 9.59 Å². The molecule has 1 atom stereocenters. The Balaban J connectivity index is 1.58. The fourth-order valence-corrected chi connectivity index (χ4v) is 3.51. The quantitative estimate of drug-likeness (QED) is 0.555. The van der Waals surface area contributed by atoms with Gasteiger partial charge >= 0.3 is 0 Å². The van der Waals surface area contributed by atoms with Crippen molar-refractivity contribution in [1.29, 1.82) is 0 Å². The predicted molar refractivity (Wildman–Crippen MR) is 119 cm³/mol. The van der Waals surface area contributed by atoms with Crippen molar-refractivity contribution in [2.24, 2.45) is 5.92 Å². The highest BCUT2D eigenvalue weighted by atomic mass is 16.5. The number of para-hydroxylation sites is 2. The molecular formula is C24H30N2O5. The van der Waals surface area contributed by atoms with Gasteiger partial charge in [0.15, 0.2) is 0 Å². The molecule has 0 bridgehead atoms. The van der Waals surface area contributed by atoms with Gasteiger partial charge in [0.2, 0.25) is 11.8 Å². The summed E-state index contributed by atoms with van der Waals surface area (Å²) in [6.45, 7) is 6.88. The molecule has 1 heterocycles. The summed E-state index contributed by atoms with van der Waals surface area (Å²) < 4.78 is 16.5. The molecule has 3 rings (SSSR count). The summed E-state index contributed by atoms with van der Waals surface area (Å²) in [7, 11) is 0. The fourth-order valence-electron chi connectivity index (χ4n) is 3.51. The van der Waals surface area contributed by atoms with Crippen LogP contribution < -0.4 is 15.0 Å². The van der Waals surface area contributed by atoms with E-state index >= 15 is 0 Å². The van der Waals surface area contributed by atoms with Crippen molar-refractivity contribution in [3.63, 3.8) is 0 Å². The predicted octanol–water partition coefficient (Wildman–Crippen LogP) is 3.63. The lowest BCUT2D eigenvalue weighted by Crippen LogP contribution is -2.28. The Labute approximate surface area is 183 Å². The van der Waals surface area contributed by atoms with Crippen LogP contribution in [0.1, 0.15) is 25.8 Å². The van der Waals surface area contributed by atoms with Crippen LogP contribution in [-0.4, -0.2) is 44.8 Å². The Morgan fingerprint density at radius 3 is 2.68 bits per heavy atom. The molecule has 1 aliphatic rings. The van der Waals surface area contributed by atoms with Gasteiger partial charge in [0.05, 0.1) is 38.0 Å². The first-order chi connectivity index (χ1) is 15.1. The van der Waals surface area contributed by atoms with Gasteiger partial charge in [-0.3, -0.25) is 9.59 Å². The number of hydrogen-bond donors (Lipinski definition) is 1. The van der Waals surface area contributed by atoms with E-state index < -0.39 is 5.92 Å². The number of nitrogens with zero attached hydrogens (tertiary/aromatic N) is 1. The van der Waals surface area contributed by atoms with Gasteiger partial charge in [0.1, 0.15) is 5.75 Å². The number of carbonyl (C=O) groups is 2. The van der Waals surface area contributed by atoms with E-state index in [1.165, 1.54) is 0 Å². The monoisotopic (exact) mass is 426 g/mol. The summed E-state index contributed by atoms with van der Waals surface area (Å²) in [6.07, 6.45) is 0.173. The van der Waals surface area contributed by atoms with Crippen LogP contribution in [0.2, 0.25) is 0 Å². The highest BCUT2D eigenvalue weighted by Gasteiger charge is 2.36. The molecule has 0 aromatic heterocycles. The minimum absolute atomic E-state index is 0.0799. The highest BCUT2D eigenvalue weighted by molar-refractivity contribution is 6.04. The SMILES string of the molecule is CCOCCOCc1cccc(NC(=O)C2CC(=O)N(c3ccccc3OCC)C2)c1. The molecule has 1 N–H and O–H groups in total. The Morgan fingerprint density at radius 1 is 1.06 bits per heavy atom. The van der Waals surface area contributed by atoms with Crippen molar-refractivity contribution in [2.75, 3.05) is 43.2 Å². The lowest BCUT2D eigenvalue weighted by atomic mass is 10.1. The second-order valence-electron chi connectivity index (χ2n) is 7.25. The third-order valence-electron chi connectivity index (χ3n) is 4.99. The van der Waals surface area contributed by atoms with Gasteiger partial charge in [-0.05, 0) is 43.7 Å². The molecule has 1 saturated heterocycles. The zero-order chi connectivity index (χ0) is 22.1. The molecule has 2 aromatic carbocycles. The van der Waals surface area contributed by atoms with E-state index in [1.807, 2.05) is 62.4 Å². The van der Waals surface area contributed by atoms with Gasteiger partial charge in [-0.25, -0.2) is 0 Å². The average molecular weight is 427 g/mol. The molecule has 7 nitrogen and oxygen atoms in total. The third kappa shape index (κ3) is 6.29. The summed E-state index contributed by atoms with van der Waals surface area (Å²) in [5, 5.41) is 2.94. The number of anilines is 2. The highest BCUT2D eigenvalue weighted by Crippen LogP contribution is 2.33. The van der Waals surface area contributed by atoms with Gasteiger partial charge in [-0.1, -0.05) is 24.3 Å². The number of carbonyl (C=O) groups excluding carboxylic acids is 2. The molecule has 0 saturated carbocycles. The van der Waals surface area contributed by atoms with Crippen LogP contribution in [0.4, 0.5) is 11.4 Å². The van der Waals surface area contributed by atoms with Crippen molar-refractivity contribution in [1.82, 2.24) is 0 Å². The molecule has 0 radical (unpaired) electrons. The smallest absolute Gasteiger partial charge is 0.229 e. The Kier molecular flexibility index (Phi) is 8.44. The molecule has 166 valence electrons. The lowest BCUT2D eigenvalue weighted by Gasteiger charge is -2.20. The van der Waals surface area contributed by atoms with Crippen LogP contribution in [-0.2, 0) is 25.7 Å². The number of hydrogen-bond acceptors (Lipinski definition) is 5. The second-order valence-corrected chi connectivity index (χ2v) is 7.25. The summed E-state index contributed by atoms with van der Waals surface area (Å²) in [6, 6.07) is 15.0. The number of benzene rings is 2. The number of nitrogens with one attached hydrogen (secondary N) is 1. The van der Waals surface area contributed by atoms with Crippen molar-refractivity contribution in [3.8, 4) is 5.75 Å². The van der Waals surface area contributed by atoms with Gasteiger partial charge in [-0.15, -0.1) is 0 Å². The van der Waals surface area contributed by atoms with E-state index in [4.69, 9.17) is 14.2 Å². The van der Waals surface area contributed by atoms with Crippen molar-refractivity contribution in [3.05, 3.63) is 54.1 Å². The number of ether oxygens (including phenoxy) is 3. The normalized spacial score (nSPS) is 15.9. The zero-order valence-electron chi connectivity index (χ0n) is 18.1. The van der Waals surface area contributed by atoms with Crippen LogP contribution in [0.3, 0.4) is 0 Å². The maximum atomic E-state index is 12.8. The van der Waals surface area contributed by atoms with Crippen LogP contribution in [0, 0.1) is 5.92 Å². The van der Waals surface area contributed by atoms with Gasteiger partial charge in [0, 0.05) is 25.3 Å². The van der Waals surface area contributed by atoms with Crippen LogP contribution in [0.5, 0.6) is 5.75 Å². The fraction of sp³-hybridized carbons (Fsp3) is 0.417. The first-order valence-electron chi connectivity index (χ1n) is 10.7. The van der Waals surface area contributed by atoms with Gasteiger partial charge in [0.25, 0.3) is 0 Å². The molecule has 2 aromatic rings. The zero-order valence-corrected chi connectivity index (χ0v) is 18.1. The molecule has 1 aliphatic heterocycles. The molecule has 7 heteroatoms. The first kappa shape index (κ1) is 22.8. The molecular weight excluding hydrogens is 396 g/mol. The largest absolute Gasteiger partial charge is 0.492 e. The van der Waals surface area contributed by atoms with Crippen molar-refractivity contribution in [2.45, 2.75) is 26.9 Å². The van der Waals surface area contributed by atoms with Gasteiger partial charge < -0.3 is 24.4 Å². The van der Waals surface area contributed by atoms with Crippen LogP contribution in [0.15, 0.2) is 48.5 Å². The summed E-state index contributed by atoms with van der Waals surface area (Å²) in [5.74, 6) is -0.0207. The van der Waals surface area contributed by atoms with Gasteiger partial charge in [-0.2, -0.15) is 0 Å². The minimum atomic E-state index is -0.423. The second kappa shape index (κ2) is 11.5. The number of rotatable bonds is 11. The molecule has 1 unspecified atom stereocenters. The lowest BCUT2D eigenvalue weighted by molar-refractivity contribution is -0.122. The standard InChI is InChI=1S/C24H30N2O5/c1-3-29-12-13-30-17-18-8-7-9-20(14-18)25-24(28)19-15-23(27)26(16-19)21-10-5-6-11-22(21)31-4-2/h5-11,14,19H,3-4,12-13,15-17H2,1-2H3,(H,25,28). The number of amides is 2. The topological polar surface area (TPSA) is 77.1 Å². The Bertz CT molecular complexity index is 886. The molecule has 0 spiro atoms. The molecule has 31 heavy (non-hydrogen) atoms. The molecule has 0 aliphatic carbocycles. The Hall–Kier alpha value is -2.90. The van der Waals surface area contributed by atoms with E-state index in [-0.39, 0.29) is 18.2 Å². The van der Waals surface area contributed by atoms with E-state index in [1.54, 1.807) is 4.90 Å². The van der Waals surface area contributed by atoms with Crippen molar-refractivity contribution < 1.29 is 23.8 Å². The summed E-state index contributed by atoms with van der Waals surface area (Å²) >= 11 is 0. The molecule has 1 fully saturated rings. The van der Waals surface area contributed by atoms with Crippen LogP contribution in [0.25, 0.3) is 0 Å². The van der Waals surface area contributed by atoms with Crippen molar-refractivity contribution >= 4 is 23.2 Å². The summed E-state index contributed by atoms with van der Waals surface area (Å²) in [4.78, 5) is 27.1. The maximum Gasteiger partial charge on any atom is 0.229 e. The van der Waals surface area contributed by atoms with E-state index in [2.05, 4.69) is 5.32 Å². The molecule has 2 amide bonds. The third-order valence-corrected chi connectivity index (χ3v) is 4.99. The summed E-state index contributed by atoms with van der Waals surface area (Å²) in [5.41, 5.74) is 2.36. The maximum absolute atomic E-state index is 12.8. The average Bonchev–Trinajstić information content (AvgIpc) is 3.16. The van der Waals surface area contributed by atoms with E-state index in [0.717, 1.165) is 5.56 Å². The minimum Gasteiger partial charge on any atom is -0.492 e. The van der Waals surface area contributed by atoms with E-state index in [0.29, 0.717) is 56.7 Å². The Morgan fingerprint density at radius 2 is 1.87 bits per heavy atom. The van der Waals surface area contributed by atoms with Crippen LogP contribution >= 0.6 is 0 Å². The first-order valence-corrected chi connectivity index (χ1v) is 10.7.